The van der Waals surface area contributed by atoms with Crippen LogP contribution in [-0.2, 0) is 23.6 Å². The smallest absolute Gasteiger partial charge is 0.396 e. The average Bonchev–Trinajstić information content (AvgIpc) is 2.82. The Morgan fingerprint density at radius 3 is 1.75 bits per heavy atom. The van der Waals surface area contributed by atoms with Crippen LogP contribution in [0.4, 0.5) is 32.0 Å². The zero-order valence-electron chi connectivity index (χ0n) is 18.7. The van der Waals surface area contributed by atoms with Gasteiger partial charge in [-0.1, -0.05) is 54.6 Å². The van der Waals surface area contributed by atoms with Crippen LogP contribution in [0, 0.1) is 0 Å². The first kappa shape index (κ1) is 26.7. The van der Waals surface area contributed by atoms with Gasteiger partial charge in [0, 0.05) is 18.4 Å². The van der Waals surface area contributed by atoms with Crippen molar-refractivity contribution in [2.75, 3.05) is 11.9 Å². The molecule has 0 saturated carbocycles. The number of hydrogen-bond donors (Lipinski definition) is 2. The molecule has 0 radical (unpaired) electrons. The molecule has 0 aromatic heterocycles. The molecule has 0 aliphatic heterocycles. The molecule has 0 spiro atoms. The Hall–Kier alpha value is -3.85. The standard InChI is InChI=1S/C27H21F6NO2/c28-26(29,30)21-12-8-18(9-13-21)23(19-10-14-22(15-11-19)27(31,32)33)5-3-7-25(36)34-24-6-2-1-4-20(24)16-17-35/h1-15,35H,16-17H2,(H,34,36). The Morgan fingerprint density at radius 2 is 1.28 bits per heavy atom. The molecule has 3 aromatic rings. The van der Waals surface area contributed by atoms with Crippen LogP contribution in [0.25, 0.3) is 5.57 Å². The van der Waals surface area contributed by atoms with Crippen LogP contribution in [0.2, 0.25) is 0 Å². The molecule has 36 heavy (non-hydrogen) atoms. The molecular formula is C27H21F6NO2. The van der Waals surface area contributed by atoms with Crippen molar-refractivity contribution in [3.05, 3.63) is 119 Å². The first-order chi connectivity index (χ1) is 17.0. The number of aliphatic hydroxyl groups is 1. The fourth-order valence-electron chi connectivity index (χ4n) is 3.42. The predicted molar refractivity (Wildman–Crippen MR) is 125 cm³/mol. The van der Waals surface area contributed by atoms with Crippen LogP contribution in [0.1, 0.15) is 27.8 Å². The van der Waals surface area contributed by atoms with E-state index in [4.69, 9.17) is 5.11 Å². The van der Waals surface area contributed by atoms with Crippen LogP contribution < -0.4 is 5.32 Å². The second-order valence-corrected chi connectivity index (χ2v) is 7.71. The SMILES string of the molecule is O=C(C=CC=C(c1ccc(C(F)(F)F)cc1)c1ccc(C(F)(F)F)cc1)Nc1ccccc1CCO. The maximum absolute atomic E-state index is 13.0. The molecule has 3 nitrogen and oxygen atoms in total. The molecule has 9 heteroatoms. The third kappa shape index (κ3) is 7.08. The van der Waals surface area contributed by atoms with Crippen molar-refractivity contribution < 1.29 is 36.2 Å². The van der Waals surface area contributed by atoms with Gasteiger partial charge in [-0.05, 0) is 59.0 Å². The van der Waals surface area contributed by atoms with E-state index < -0.39 is 29.4 Å². The molecule has 0 fully saturated rings. The quantitative estimate of drug-likeness (QED) is 0.209. The van der Waals surface area contributed by atoms with Gasteiger partial charge in [0.15, 0.2) is 0 Å². The van der Waals surface area contributed by atoms with Crippen molar-refractivity contribution in [1.29, 1.82) is 0 Å². The molecular weight excluding hydrogens is 484 g/mol. The number of hydrogen-bond acceptors (Lipinski definition) is 2. The summed E-state index contributed by atoms with van der Waals surface area (Å²) in [6.45, 7) is -0.102. The molecule has 0 heterocycles. The molecule has 0 atom stereocenters. The molecule has 3 aromatic carbocycles. The minimum Gasteiger partial charge on any atom is -0.396 e. The van der Waals surface area contributed by atoms with Gasteiger partial charge in [0.2, 0.25) is 5.91 Å². The number of benzene rings is 3. The number of rotatable bonds is 7. The van der Waals surface area contributed by atoms with E-state index in [-0.39, 0.29) is 6.61 Å². The van der Waals surface area contributed by atoms with Gasteiger partial charge in [-0.3, -0.25) is 4.79 Å². The van der Waals surface area contributed by atoms with E-state index in [1.807, 2.05) is 0 Å². The number of anilines is 1. The summed E-state index contributed by atoms with van der Waals surface area (Å²) >= 11 is 0. The maximum atomic E-state index is 13.0. The topological polar surface area (TPSA) is 49.3 Å². The molecule has 3 rings (SSSR count). The Kier molecular flexibility index (Phi) is 8.37. The third-order valence-corrected chi connectivity index (χ3v) is 5.21. The number of carbonyl (C=O) groups excluding carboxylic acids is 1. The molecule has 0 saturated heterocycles. The molecule has 2 N–H and O–H groups in total. The normalized spacial score (nSPS) is 12.0. The lowest BCUT2D eigenvalue weighted by molar-refractivity contribution is -0.138. The van der Waals surface area contributed by atoms with Gasteiger partial charge in [0.05, 0.1) is 11.1 Å². The Morgan fingerprint density at radius 1 is 0.778 bits per heavy atom. The van der Waals surface area contributed by atoms with Crippen LogP contribution in [0.15, 0.2) is 91.0 Å². The number of amides is 1. The average molecular weight is 505 g/mol. The van der Waals surface area contributed by atoms with E-state index in [2.05, 4.69) is 5.32 Å². The summed E-state index contributed by atoms with van der Waals surface area (Å²) in [5, 5.41) is 11.8. The molecule has 1 amide bonds. The first-order valence-corrected chi connectivity index (χ1v) is 10.7. The predicted octanol–water partition coefficient (Wildman–Crippen LogP) is 6.89. The van der Waals surface area contributed by atoms with E-state index >= 15 is 0 Å². The van der Waals surface area contributed by atoms with Crippen molar-refractivity contribution in [2.24, 2.45) is 0 Å². The fourth-order valence-corrected chi connectivity index (χ4v) is 3.42. The van der Waals surface area contributed by atoms with Gasteiger partial charge in [0.25, 0.3) is 0 Å². The summed E-state index contributed by atoms with van der Waals surface area (Å²) in [5.41, 5.74) is 0.469. The van der Waals surface area contributed by atoms with Gasteiger partial charge < -0.3 is 10.4 Å². The number of para-hydroxylation sites is 1. The summed E-state index contributed by atoms with van der Waals surface area (Å²) in [5.74, 6) is -0.504. The van der Waals surface area contributed by atoms with Crippen molar-refractivity contribution in [1.82, 2.24) is 0 Å². The Balaban J connectivity index is 1.91. The number of halogens is 6. The highest BCUT2D eigenvalue weighted by Gasteiger charge is 2.31. The highest BCUT2D eigenvalue weighted by atomic mass is 19.4. The van der Waals surface area contributed by atoms with Gasteiger partial charge in [0.1, 0.15) is 0 Å². The zero-order valence-corrected chi connectivity index (χ0v) is 18.7. The van der Waals surface area contributed by atoms with Crippen molar-refractivity contribution >= 4 is 17.2 Å². The fraction of sp³-hybridized carbons (Fsp3) is 0.148. The van der Waals surface area contributed by atoms with Crippen molar-refractivity contribution in [3.63, 3.8) is 0 Å². The molecule has 0 aliphatic carbocycles. The minimum absolute atomic E-state index is 0.102. The van der Waals surface area contributed by atoms with E-state index in [0.29, 0.717) is 28.8 Å². The van der Waals surface area contributed by atoms with Crippen molar-refractivity contribution in [2.45, 2.75) is 18.8 Å². The largest absolute Gasteiger partial charge is 0.416 e. The number of aliphatic hydroxyl groups excluding tert-OH is 1. The second-order valence-electron chi connectivity index (χ2n) is 7.71. The van der Waals surface area contributed by atoms with Crippen molar-refractivity contribution in [3.8, 4) is 0 Å². The van der Waals surface area contributed by atoms with Crippen LogP contribution in [0.3, 0.4) is 0 Å². The van der Waals surface area contributed by atoms with Crippen LogP contribution in [0.5, 0.6) is 0 Å². The zero-order chi connectivity index (χ0) is 26.3. The number of nitrogens with one attached hydrogen (secondary N) is 1. The van der Waals surface area contributed by atoms with E-state index in [0.717, 1.165) is 29.8 Å². The molecule has 188 valence electrons. The van der Waals surface area contributed by atoms with Crippen LogP contribution in [-0.4, -0.2) is 17.6 Å². The summed E-state index contributed by atoms with van der Waals surface area (Å²) in [7, 11) is 0. The highest BCUT2D eigenvalue weighted by Crippen LogP contribution is 2.33. The van der Waals surface area contributed by atoms with Gasteiger partial charge in [-0.25, -0.2) is 0 Å². The first-order valence-electron chi connectivity index (χ1n) is 10.7. The molecule has 0 aliphatic rings. The maximum Gasteiger partial charge on any atom is 0.416 e. The summed E-state index contributed by atoms with van der Waals surface area (Å²) in [4.78, 5) is 12.4. The Bertz CT molecular complexity index is 1180. The highest BCUT2D eigenvalue weighted by molar-refractivity contribution is 6.00. The third-order valence-electron chi connectivity index (χ3n) is 5.21. The lowest BCUT2D eigenvalue weighted by Crippen LogP contribution is -2.10. The van der Waals surface area contributed by atoms with E-state index in [9.17, 15) is 31.1 Å². The molecule has 0 bridgehead atoms. The number of carbonyl (C=O) groups is 1. The van der Waals surface area contributed by atoms with E-state index in [1.165, 1.54) is 42.5 Å². The number of alkyl halides is 6. The minimum atomic E-state index is -4.54. The summed E-state index contributed by atoms with van der Waals surface area (Å²) in [6.07, 6.45) is -4.77. The summed E-state index contributed by atoms with van der Waals surface area (Å²) < 4.78 is 77.7. The summed E-state index contributed by atoms with van der Waals surface area (Å²) in [6, 6.07) is 15.3. The number of allylic oxidation sites excluding steroid dienone is 2. The van der Waals surface area contributed by atoms with Gasteiger partial charge in [-0.15, -0.1) is 0 Å². The second kappa shape index (κ2) is 11.3. The van der Waals surface area contributed by atoms with E-state index in [1.54, 1.807) is 24.3 Å². The molecule has 0 unspecified atom stereocenters. The Labute approximate surface area is 203 Å². The lowest BCUT2D eigenvalue weighted by Gasteiger charge is -2.12. The van der Waals surface area contributed by atoms with Gasteiger partial charge in [-0.2, -0.15) is 26.3 Å². The van der Waals surface area contributed by atoms with Gasteiger partial charge >= 0.3 is 12.4 Å². The lowest BCUT2D eigenvalue weighted by atomic mass is 9.95. The monoisotopic (exact) mass is 505 g/mol. The van der Waals surface area contributed by atoms with Crippen LogP contribution >= 0.6 is 0 Å².